The highest BCUT2D eigenvalue weighted by Crippen LogP contribution is 2.37. The van der Waals surface area contributed by atoms with Crippen molar-refractivity contribution in [2.45, 2.75) is 19.5 Å². The molecule has 0 saturated carbocycles. The Kier molecular flexibility index (Phi) is 1.80. The van der Waals surface area contributed by atoms with Crippen molar-refractivity contribution >= 4 is 17.3 Å². The van der Waals surface area contributed by atoms with Gasteiger partial charge in [-0.25, -0.2) is 9.67 Å². The van der Waals surface area contributed by atoms with Crippen LogP contribution in [0.5, 0.6) is 0 Å². The maximum Gasteiger partial charge on any atom is 0.162 e. The van der Waals surface area contributed by atoms with Crippen LogP contribution < -0.4 is 5.32 Å². The summed E-state index contributed by atoms with van der Waals surface area (Å²) in [6.45, 7) is 4.12. The van der Waals surface area contributed by atoms with E-state index in [1.54, 1.807) is 6.33 Å². The summed E-state index contributed by atoms with van der Waals surface area (Å²) >= 11 is 6.00. The molecule has 3 rings (SSSR count). The molecule has 0 aliphatic carbocycles. The van der Waals surface area contributed by atoms with Crippen molar-refractivity contribution in [2.24, 2.45) is 0 Å². The van der Waals surface area contributed by atoms with Crippen LogP contribution in [0.25, 0.3) is 11.4 Å². The largest absolute Gasteiger partial charge is 0.361 e. The molecule has 1 aliphatic heterocycles. The Labute approximate surface area is 98.3 Å². The minimum atomic E-state index is -0.271. The zero-order chi connectivity index (χ0) is 11.3. The van der Waals surface area contributed by atoms with Gasteiger partial charge >= 0.3 is 0 Å². The number of aromatic nitrogens is 3. The second-order valence-corrected chi connectivity index (χ2v) is 4.81. The van der Waals surface area contributed by atoms with Gasteiger partial charge in [0.25, 0.3) is 0 Å². The highest BCUT2D eigenvalue weighted by molar-refractivity contribution is 6.31. The number of nitrogens with zero attached hydrogens (tertiary/aromatic N) is 3. The lowest BCUT2D eigenvalue weighted by Crippen LogP contribution is -2.39. The molecule has 0 radical (unpaired) electrons. The number of hydrogen-bond donors (Lipinski definition) is 1. The predicted octanol–water partition coefficient (Wildman–Crippen LogP) is 2.72. The van der Waals surface area contributed by atoms with E-state index in [4.69, 9.17) is 11.6 Å². The van der Waals surface area contributed by atoms with Gasteiger partial charge in [-0.15, -0.1) is 0 Å². The molecule has 1 aliphatic rings. The van der Waals surface area contributed by atoms with E-state index in [2.05, 4.69) is 29.2 Å². The summed E-state index contributed by atoms with van der Waals surface area (Å²) in [6.07, 6.45) is 1.56. The molecular formula is C11H11ClN4. The number of halogens is 1. The minimum absolute atomic E-state index is 0.271. The molecule has 0 saturated heterocycles. The van der Waals surface area contributed by atoms with Crippen LogP contribution in [0.2, 0.25) is 5.02 Å². The summed E-state index contributed by atoms with van der Waals surface area (Å²) in [5.74, 6) is 0.848. The van der Waals surface area contributed by atoms with Crippen molar-refractivity contribution in [1.82, 2.24) is 14.8 Å². The molecule has 0 spiro atoms. The fraction of sp³-hybridized carbons (Fsp3) is 0.273. The molecule has 0 unspecified atom stereocenters. The van der Waals surface area contributed by atoms with E-state index in [1.807, 2.05) is 22.9 Å². The van der Waals surface area contributed by atoms with Crippen molar-refractivity contribution in [2.75, 3.05) is 5.32 Å². The first-order valence-corrected chi connectivity index (χ1v) is 5.44. The van der Waals surface area contributed by atoms with Crippen LogP contribution in [0.3, 0.4) is 0 Å². The first kappa shape index (κ1) is 9.66. The molecule has 0 bridgehead atoms. The van der Waals surface area contributed by atoms with Gasteiger partial charge < -0.3 is 5.32 Å². The van der Waals surface area contributed by atoms with Gasteiger partial charge in [0.05, 0.1) is 0 Å². The lowest BCUT2D eigenvalue weighted by molar-refractivity contribution is 0.368. The molecule has 0 amide bonds. The third-order valence-corrected chi connectivity index (χ3v) is 2.98. The summed E-state index contributed by atoms with van der Waals surface area (Å²) in [5, 5.41) is 8.35. The number of anilines is 1. The molecule has 82 valence electrons. The van der Waals surface area contributed by atoms with Crippen molar-refractivity contribution in [3.63, 3.8) is 0 Å². The molecule has 0 fully saturated rings. The van der Waals surface area contributed by atoms with Crippen molar-refractivity contribution < 1.29 is 0 Å². The fourth-order valence-corrected chi connectivity index (χ4v) is 2.20. The highest BCUT2D eigenvalue weighted by atomic mass is 35.5. The highest BCUT2D eigenvalue weighted by Gasteiger charge is 2.31. The van der Waals surface area contributed by atoms with Crippen LogP contribution in [-0.4, -0.2) is 14.8 Å². The summed E-state index contributed by atoms with van der Waals surface area (Å²) in [5.41, 5.74) is 1.76. The molecule has 1 N–H and O–H groups in total. The molecule has 2 heterocycles. The second-order valence-electron chi connectivity index (χ2n) is 4.37. The quantitative estimate of drug-likeness (QED) is 0.762. The fourth-order valence-electron chi connectivity index (χ4n) is 2.03. The Hall–Kier alpha value is -1.55. The summed E-state index contributed by atoms with van der Waals surface area (Å²) in [6, 6.07) is 5.74. The van der Waals surface area contributed by atoms with Crippen LogP contribution >= 0.6 is 11.6 Å². The standard InChI is InChI=1S/C11H11ClN4/c1-11(2)15-9-4-3-7(12)5-8(9)10-13-6-14-16(10)11/h3-6,15H,1-2H3. The SMILES string of the molecule is CC1(C)Nc2ccc(Cl)cc2-c2ncnn21. The molecule has 5 heteroatoms. The minimum Gasteiger partial charge on any atom is -0.361 e. The van der Waals surface area contributed by atoms with E-state index in [-0.39, 0.29) is 5.66 Å². The van der Waals surface area contributed by atoms with Gasteiger partial charge in [0.1, 0.15) is 12.0 Å². The topological polar surface area (TPSA) is 42.7 Å². The van der Waals surface area contributed by atoms with Gasteiger partial charge in [-0.05, 0) is 32.0 Å². The monoisotopic (exact) mass is 234 g/mol. The van der Waals surface area contributed by atoms with Gasteiger partial charge in [-0.1, -0.05) is 11.6 Å². The molecule has 4 nitrogen and oxygen atoms in total. The Bertz CT molecular complexity index is 559. The van der Waals surface area contributed by atoms with Crippen LogP contribution in [0.15, 0.2) is 24.5 Å². The third-order valence-electron chi connectivity index (χ3n) is 2.74. The lowest BCUT2D eigenvalue weighted by atomic mass is 10.1. The van der Waals surface area contributed by atoms with Crippen LogP contribution in [0.4, 0.5) is 5.69 Å². The molecule has 0 atom stereocenters. The van der Waals surface area contributed by atoms with Gasteiger partial charge in [0.2, 0.25) is 0 Å². The Morgan fingerprint density at radius 1 is 1.38 bits per heavy atom. The third kappa shape index (κ3) is 1.23. The van der Waals surface area contributed by atoms with E-state index in [1.165, 1.54) is 0 Å². The number of fused-ring (bicyclic) bond motifs is 3. The number of rotatable bonds is 0. The van der Waals surface area contributed by atoms with E-state index in [0.717, 1.165) is 17.1 Å². The zero-order valence-electron chi connectivity index (χ0n) is 9.03. The van der Waals surface area contributed by atoms with Crippen molar-refractivity contribution in [3.8, 4) is 11.4 Å². The molecule has 1 aromatic carbocycles. The second kappa shape index (κ2) is 2.98. The smallest absolute Gasteiger partial charge is 0.162 e. The zero-order valence-corrected chi connectivity index (χ0v) is 9.78. The normalized spacial score (nSPS) is 16.2. The molecule has 2 aromatic rings. The van der Waals surface area contributed by atoms with Crippen LogP contribution in [-0.2, 0) is 5.66 Å². The van der Waals surface area contributed by atoms with Gasteiger partial charge in [-0.2, -0.15) is 5.10 Å². The van der Waals surface area contributed by atoms with Crippen molar-refractivity contribution in [1.29, 1.82) is 0 Å². The maximum atomic E-state index is 6.00. The Morgan fingerprint density at radius 2 is 2.19 bits per heavy atom. The molecule has 16 heavy (non-hydrogen) atoms. The number of benzene rings is 1. The number of hydrogen-bond acceptors (Lipinski definition) is 3. The average Bonchev–Trinajstić information content (AvgIpc) is 2.69. The molecular weight excluding hydrogens is 224 g/mol. The van der Waals surface area contributed by atoms with Gasteiger partial charge in [0.15, 0.2) is 5.82 Å². The van der Waals surface area contributed by atoms with E-state index >= 15 is 0 Å². The molecule has 1 aromatic heterocycles. The van der Waals surface area contributed by atoms with Gasteiger partial charge in [0, 0.05) is 16.3 Å². The maximum absolute atomic E-state index is 6.00. The van der Waals surface area contributed by atoms with E-state index in [9.17, 15) is 0 Å². The summed E-state index contributed by atoms with van der Waals surface area (Å²) in [7, 11) is 0. The average molecular weight is 235 g/mol. The van der Waals surface area contributed by atoms with Crippen LogP contribution in [0.1, 0.15) is 13.8 Å². The van der Waals surface area contributed by atoms with Gasteiger partial charge in [-0.3, -0.25) is 0 Å². The number of nitrogens with one attached hydrogen (secondary N) is 1. The van der Waals surface area contributed by atoms with Crippen molar-refractivity contribution in [3.05, 3.63) is 29.5 Å². The van der Waals surface area contributed by atoms with E-state index in [0.29, 0.717) is 5.02 Å². The Morgan fingerprint density at radius 3 is 3.00 bits per heavy atom. The lowest BCUT2D eigenvalue weighted by Gasteiger charge is -2.34. The predicted molar refractivity (Wildman–Crippen MR) is 63.4 cm³/mol. The Balaban J connectivity index is 2.31. The first-order valence-electron chi connectivity index (χ1n) is 5.06. The van der Waals surface area contributed by atoms with Crippen LogP contribution in [0, 0.1) is 0 Å². The first-order chi connectivity index (χ1) is 7.58. The van der Waals surface area contributed by atoms with E-state index < -0.39 is 0 Å². The summed E-state index contributed by atoms with van der Waals surface area (Å²) < 4.78 is 1.87. The summed E-state index contributed by atoms with van der Waals surface area (Å²) in [4.78, 5) is 4.29.